The molecule has 0 bridgehead atoms. The van der Waals surface area contributed by atoms with Gasteiger partial charge in [0.25, 0.3) is 0 Å². The number of aromatic nitrogens is 1. The highest BCUT2D eigenvalue weighted by Gasteiger charge is 2.16. The molecule has 5 nitrogen and oxygen atoms in total. The first-order chi connectivity index (χ1) is 14.1. The number of carbonyl (C=O) groups is 1. The Morgan fingerprint density at radius 1 is 0.966 bits per heavy atom. The monoisotopic (exact) mass is 397 g/mol. The molecule has 1 unspecified atom stereocenters. The van der Waals surface area contributed by atoms with Crippen LogP contribution >= 0.6 is 0 Å². The Kier molecular flexibility index (Phi) is 7.24. The fourth-order valence-electron chi connectivity index (χ4n) is 2.83. The highest BCUT2D eigenvalue weighted by molar-refractivity contribution is 5.78. The lowest BCUT2D eigenvalue weighted by atomic mass is 10.0. The lowest BCUT2D eigenvalue weighted by Gasteiger charge is -2.18. The second kappa shape index (κ2) is 10.3. The number of hydrogen-bond donors (Lipinski definition) is 2. The van der Waals surface area contributed by atoms with Gasteiger partial charge in [0.15, 0.2) is 0 Å². The highest BCUT2D eigenvalue weighted by atomic mass is 19.3. The van der Waals surface area contributed by atoms with Gasteiger partial charge in [0.1, 0.15) is 5.75 Å². The summed E-state index contributed by atoms with van der Waals surface area (Å²) >= 11 is 0. The van der Waals surface area contributed by atoms with E-state index in [1.54, 1.807) is 18.3 Å². The van der Waals surface area contributed by atoms with Gasteiger partial charge in [0, 0.05) is 12.7 Å². The SMILES string of the molecule is O=C(CNC(c1ccccc1)c1ccccn1)NCc1ccc(OC(F)F)cc1. The van der Waals surface area contributed by atoms with Gasteiger partial charge in [-0.05, 0) is 35.4 Å². The zero-order valence-electron chi connectivity index (χ0n) is 15.6. The average Bonchev–Trinajstić information content (AvgIpc) is 2.74. The minimum Gasteiger partial charge on any atom is -0.435 e. The predicted molar refractivity (Wildman–Crippen MR) is 105 cm³/mol. The molecular weight excluding hydrogens is 376 g/mol. The zero-order chi connectivity index (χ0) is 20.5. The van der Waals surface area contributed by atoms with Gasteiger partial charge in [-0.3, -0.25) is 15.1 Å². The van der Waals surface area contributed by atoms with Crippen molar-refractivity contribution in [1.82, 2.24) is 15.6 Å². The first-order valence-electron chi connectivity index (χ1n) is 9.11. The average molecular weight is 397 g/mol. The summed E-state index contributed by atoms with van der Waals surface area (Å²) in [5.74, 6) is -0.104. The van der Waals surface area contributed by atoms with Crippen LogP contribution in [0.25, 0.3) is 0 Å². The molecule has 7 heteroatoms. The van der Waals surface area contributed by atoms with Crippen LogP contribution in [0.1, 0.15) is 22.9 Å². The van der Waals surface area contributed by atoms with E-state index in [0.717, 1.165) is 16.8 Å². The lowest BCUT2D eigenvalue weighted by Crippen LogP contribution is -2.36. The third kappa shape index (κ3) is 6.36. The van der Waals surface area contributed by atoms with Crippen molar-refractivity contribution in [2.45, 2.75) is 19.2 Å². The van der Waals surface area contributed by atoms with E-state index in [4.69, 9.17) is 0 Å². The number of hydrogen-bond acceptors (Lipinski definition) is 4. The maximum atomic E-state index is 12.3. The van der Waals surface area contributed by atoms with Crippen molar-refractivity contribution in [2.75, 3.05) is 6.54 Å². The van der Waals surface area contributed by atoms with Crippen molar-refractivity contribution in [2.24, 2.45) is 0 Å². The number of rotatable bonds is 9. The van der Waals surface area contributed by atoms with Gasteiger partial charge < -0.3 is 10.1 Å². The third-order valence-corrected chi connectivity index (χ3v) is 4.22. The Morgan fingerprint density at radius 2 is 1.69 bits per heavy atom. The van der Waals surface area contributed by atoms with Gasteiger partial charge in [-0.1, -0.05) is 48.5 Å². The molecule has 0 fully saturated rings. The Balaban J connectivity index is 1.55. The van der Waals surface area contributed by atoms with Crippen molar-refractivity contribution >= 4 is 5.91 Å². The molecule has 0 saturated heterocycles. The zero-order valence-corrected chi connectivity index (χ0v) is 15.6. The third-order valence-electron chi connectivity index (χ3n) is 4.22. The fourth-order valence-corrected chi connectivity index (χ4v) is 2.83. The Labute approximate surface area is 167 Å². The van der Waals surface area contributed by atoms with Crippen molar-refractivity contribution in [3.8, 4) is 5.75 Å². The molecule has 2 aromatic carbocycles. The van der Waals surface area contributed by atoms with E-state index in [0.29, 0.717) is 0 Å². The quantitative estimate of drug-likeness (QED) is 0.578. The second-order valence-corrected chi connectivity index (χ2v) is 6.28. The molecule has 2 N–H and O–H groups in total. The van der Waals surface area contributed by atoms with Crippen LogP contribution in [0.15, 0.2) is 79.0 Å². The van der Waals surface area contributed by atoms with E-state index in [-0.39, 0.29) is 30.8 Å². The van der Waals surface area contributed by atoms with Crippen LogP contribution in [0, 0.1) is 0 Å². The van der Waals surface area contributed by atoms with E-state index in [2.05, 4.69) is 20.4 Å². The molecule has 3 rings (SSSR count). The number of pyridine rings is 1. The molecule has 0 saturated carbocycles. The summed E-state index contributed by atoms with van der Waals surface area (Å²) in [7, 11) is 0. The molecule has 29 heavy (non-hydrogen) atoms. The van der Waals surface area contributed by atoms with Crippen molar-refractivity contribution in [3.05, 3.63) is 95.8 Å². The van der Waals surface area contributed by atoms with Crippen LogP contribution < -0.4 is 15.4 Å². The van der Waals surface area contributed by atoms with E-state index >= 15 is 0 Å². The molecule has 1 heterocycles. The Morgan fingerprint density at radius 3 is 2.34 bits per heavy atom. The Hall–Kier alpha value is -3.32. The summed E-state index contributed by atoms with van der Waals surface area (Å²) in [5.41, 5.74) is 2.61. The van der Waals surface area contributed by atoms with Crippen molar-refractivity contribution in [1.29, 1.82) is 0 Å². The molecule has 0 aliphatic heterocycles. The minimum atomic E-state index is -2.86. The number of alkyl halides is 2. The van der Waals surface area contributed by atoms with Crippen molar-refractivity contribution in [3.63, 3.8) is 0 Å². The standard InChI is InChI=1S/C22H21F2N3O2/c23-22(24)29-18-11-9-16(10-12-18)14-26-20(28)15-27-21(17-6-2-1-3-7-17)19-8-4-5-13-25-19/h1-13,21-22,27H,14-15H2,(H,26,28). The summed E-state index contributed by atoms with van der Waals surface area (Å²) in [5, 5.41) is 6.05. The number of nitrogens with zero attached hydrogens (tertiary/aromatic N) is 1. The van der Waals surface area contributed by atoms with Crippen LogP contribution in [-0.4, -0.2) is 24.0 Å². The van der Waals surface area contributed by atoms with E-state index in [1.807, 2.05) is 48.5 Å². The minimum absolute atomic E-state index is 0.0813. The smallest absolute Gasteiger partial charge is 0.387 e. The van der Waals surface area contributed by atoms with Crippen LogP contribution in [0.3, 0.4) is 0 Å². The number of halogens is 2. The van der Waals surface area contributed by atoms with Crippen molar-refractivity contribution < 1.29 is 18.3 Å². The number of nitrogens with one attached hydrogen (secondary N) is 2. The first kappa shape index (κ1) is 20.4. The second-order valence-electron chi connectivity index (χ2n) is 6.28. The topological polar surface area (TPSA) is 63.2 Å². The van der Waals surface area contributed by atoms with E-state index in [1.165, 1.54) is 12.1 Å². The van der Waals surface area contributed by atoms with Crippen LogP contribution in [0.4, 0.5) is 8.78 Å². The molecule has 0 aliphatic rings. The first-order valence-corrected chi connectivity index (χ1v) is 9.11. The van der Waals surface area contributed by atoms with Gasteiger partial charge in [-0.2, -0.15) is 8.78 Å². The van der Waals surface area contributed by atoms with Crippen LogP contribution in [0.5, 0.6) is 5.75 Å². The molecule has 0 spiro atoms. The summed E-state index contributed by atoms with van der Waals surface area (Å²) in [4.78, 5) is 16.7. The Bertz CT molecular complexity index is 851. The molecular formula is C22H21F2N3O2. The van der Waals surface area contributed by atoms with Gasteiger partial charge >= 0.3 is 6.61 Å². The molecule has 0 radical (unpaired) electrons. The number of amides is 1. The van der Waals surface area contributed by atoms with Gasteiger partial charge in [-0.25, -0.2) is 0 Å². The number of ether oxygens (including phenoxy) is 1. The maximum Gasteiger partial charge on any atom is 0.387 e. The van der Waals surface area contributed by atoms with Gasteiger partial charge in [0.2, 0.25) is 5.91 Å². The predicted octanol–water partition coefficient (Wildman–Crippen LogP) is 3.68. The van der Waals surface area contributed by atoms with Gasteiger partial charge in [-0.15, -0.1) is 0 Å². The molecule has 3 aromatic rings. The summed E-state index contributed by atoms with van der Waals surface area (Å²) < 4.78 is 28.7. The summed E-state index contributed by atoms with van der Waals surface area (Å²) in [6, 6.07) is 21.4. The number of benzene rings is 2. The lowest BCUT2D eigenvalue weighted by molar-refractivity contribution is -0.120. The summed E-state index contributed by atoms with van der Waals surface area (Å²) in [6.45, 7) is -2.47. The molecule has 1 atom stereocenters. The molecule has 1 amide bonds. The van der Waals surface area contributed by atoms with E-state index < -0.39 is 6.61 Å². The van der Waals surface area contributed by atoms with Gasteiger partial charge in [0.05, 0.1) is 18.3 Å². The maximum absolute atomic E-state index is 12.3. The number of carbonyl (C=O) groups excluding carboxylic acids is 1. The van der Waals surface area contributed by atoms with E-state index in [9.17, 15) is 13.6 Å². The molecule has 0 aliphatic carbocycles. The molecule has 150 valence electrons. The normalized spacial score (nSPS) is 11.8. The largest absolute Gasteiger partial charge is 0.435 e. The summed E-state index contributed by atoms with van der Waals surface area (Å²) in [6.07, 6.45) is 1.72. The molecule has 1 aromatic heterocycles. The van der Waals surface area contributed by atoms with Crippen LogP contribution in [-0.2, 0) is 11.3 Å². The van der Waals surface area contributed by atoms with Crippen LogP contribution in [0.2, 0.25) is 0 Å². The highest BCUT2D eigenvalue weighted by Crippen LogP contribution is 2.19. The fraction of sp³-hybridized carbons (Fsp3) is 0.182.